The fourth-order valence-electron chi connectivity index (χ4n) is 2.77. The minimum atomic E-state index is -1.12. The second-order valence-corrected chi connectivity index (χ2v) is 9.18. The van der Waals surface area contributed by atoms with Crippen LogP contribution in [0.4, 0.5) is 0 Å². The summed E-state index contributed by atoms with van der Waals surface area (Å²) in [4.78, 5) is 39.6. The van der Waals surface area contributed by atoms with Gasteiger partial charge in [-0.25, -0.2) is 4.79 Å². The molecule has 2 amide bonds. The van der Waals surface area contributed by atoms with Crippen LogP contribution in [0.25, 0.3) is 0 Å². The Labute approximate surface area is 177 Å². The van der Waals surface area contributed by atoms with Gasteiger partial charge in [0.15, 0.2) is 0 Å². The van der Waals surface area contributed by atoms with E-state index in [4.69, 9.17) is 51.1 Å². The number of amides is 2. The van der Waals surface area contributed by atoms with Gasteiger partial charge < -0.3 is 4.74 Å². The Morgan fingerprint density at radius 2 is 1.33 bits per heavy atom. The molecule has 0 radical (unpaired) electrons. The number of carbonyl (C=O) groups excluding carboxylic acids is 3. The van der Waals surface area contributed by atoms with Crippen molar-refractivity contribution in [3.8, 4) is 0 Å². The van der Waals surface area contributed by atoms with Crippen LogP contribution in [0, 0.1) is 5.92 Å². The van der Waals surface area contributed by atoms with Crippen molar-refractivity contribution in [3.05, 3.63) is 31.2 Å². The van der Waals surface area contributed by atoms with Gasteiger partial charge in [-0.15, -0.1) is 0 Å². The minimum absolute atomic E-state index is 0.00458. The monoisotopic (exact) mass is 453 g/mol. The van der Waals surface area contributed by atoms with Crippen molar-refractivity contribution in [1.82, 2.24) is 4.90 Å². The lowest BCUT2D eigenvalue weighted by atomic mass is 10.0. The molecule has 0 aliphatic carbocycles. The maximum Gasteiger partial charge on any atom is 0.329 e. The van der Waals surface area contributed by atoms with E-state index in [2.05, 4.69) is 0 Å². The summed E-state index contributed by atoms with van der Waals surface area (Å²) in [5, 5.41) is -0.589. The molecule has 1 aromatic rings. The summed E-state index contributed by atoms with van der Waals surface area (Å²) >= 11 is 24.3. The van der Waals surface area contributed by atoms with Crippen molar-refractivity contribution in [3.63, 3.8) is 0 Å². The molecule has 1 aliphatic heterocycles. The quantitative estimate of drug-likeness (QED) is 0.255. The molecule has 9 heteroatoms. The van der Waals surface area contributed by atoms with E-state index in [1.807, 2.05) is 13.8 Å². The minimum Gasteiger partial charge on any atom is -0.458 e. The Morgan fingerprint density at radius 3 is 1.67 bits per heavy atom. The van der Waals surface area contributed by atoms with Crippen LogP contribution in [0.5, 0.6) is 0 Å². The molecule has 0 spiro atoms. The van der Waals surface area contributed by atoms with Crippen LogP contribution >= 0.6 is 46.4 Å². The van der Waals surface area contributed by atoms with E-state index in [1.54, 1.807) is 20.8 Å². The van der Waals surface area contributed by atoms with Crippen LogP contribution in [-0.4, -0.2) is 34.3 Å². The number of hydrogen-bond acceptors (Lipinski definition) is 4. The summed E-state index contributed by atoms with van der Waals surface area (Å²) in [6, 6.07) is -1.12. The highest BCUT2D eigenvalue weighted by Crippen LogP contribution is 2.45. The summed E-state index contributed by atoms with van der Waals surface area (Å²) in [5.41, 5.74) is -1.09. The molecule has 0 aromatic heterocycles. The summed E-state index contributed by atoms with van der Waals surface area (Å²) in [7, 11) is 0. The zero-order valence-corrected chi connectivity index (χ0v) is 18.5. The molecule has 1 heterocycles. The number of nitrogens with zero attached hydrogens (tertiary/aromatic N) is 1. The predicted molar refractivity (Wildman–Crippen MR) is 106 cm³/mol. The number of imide groups is 1. The number of halogens is 4. The average Bonchev–Trinajstić information content (AvgIpc) is 2.78. The molecule has 1 aliphatic rings. The van der Waals surface area contributed by atoms with Crippen molar-refractivity contribution in [2.75, 3.05) is 0 Å². The number of benzene rings is 1. The summed E-state index contributed by atoms with van der Waals surface area (Å²) < 4.78 is 5.41. The van der Waals surface area contributed by atoms with Gasteiger partial charge in [-0.05, 0) is 33.1 Å². The van der Waals surface area contributed by atoms with Crippen molar-refractivity contribution in [2.45, 2.75) is 52.7 Å². The van der Waals surface area contributed by atoms with Gasteiger partial charge in [0, 0.05) is 0 Å². The molecular weight excluding hydrogens is 436 g/mol. The topological polar surface area (TPSA) is 63.7 Å². The molecule has 1 unspecified atom stereocenters. The third-order valence-corrected chi connectivity index (χ3v) is 5.62. The highest BCUT2D eigenvalue weighted by molar-refractivity contribution is 6.55. The molecular formula is C18H19Cl4NO4. The summed E-state index contributed by atoms with van der Waals surface area (Å²) in [5.74, 6) is -2.19. The Bertz CT molecular complexity index is 783. The first-order chi connectivity index (χ1) is 12.3. The summed E-state index contributed by atoms with van der Waals surface area (Å²) in [6.07, 6.45) is 0.219. The zero-order chi connectivity index (χ0) is 20.8. The first-order valence-electron chi connectivity index (χ1n) is 8.24. The maximum atomic E-state index is 13.0. The van der Waals surface area contributed by atoms with Crippen LogP contribution in [0.2, 0.25) is 20.1 Å². The molecule has 0 saturated heterocycles. The lowest BCUT2D eigenvalue weighted by Crippen LogP contribution is -2.48. The molecule has 1 aromatic carbocycles. The van der Waals surface area contributed by atoms with E-state index in [9.17, 15) is 14.4 Å². The average molecular weight is 455 g/mol. The van der Waals surface area contributed by atoms with Crippen molar-refractivity contribution < 1.29 is 19.1 Å². The number of ether oxygens (including phenoxy) is 1. The molecule has 0 saturated carbocycles. The van der Waals surface area contributed by atoms with Gasteiger partial charge in [-0.2, -0.15) is 0 Å². The smallest absolute Gasteiger partial charge is 0.329 e. The van der Waals surface area contributed by atoms with Gasteiger partial charge in [0.1, 0.15) is 11.6 Å². The fourth-order valence-corrected chi connectivity index (χ4v) is 3.79. The molecule has 1 atom stereocenters. The van der Waals surface area contributed by atoms with Gasteiger partial charge in [0.2, 0.25) is 0 Å². The lowest BCUT2D eigenvalue weighted by molar-refractivity contribution is -0.160. The van der Waals surface area contributed by atoms with Gasteiger partial charge in [0.05, 0.1) is 31.2 Å². The van der Waals surface area contributed by atoms with E-state index in [-0.39, 0.29) is 43.6 Å². The van der Waals surface area contributed by atoms with Crippen LogP contribution in [0.15, 0.2) is 0 Å². The van der Waals surface area contributed by atoms with E-state index < -0.39 is 29.4 Å². The Balaban J connectivity index is 2.57. The molecule has 5 nitrogen and oxygen atoms in total. The number of fused-ring (bicyclic) bond motifs is 1. The predicted octanol–water partition coefficient (Wildman–Crippen LogP) is 5.65. The van der Waals surface area contributed by atoms with E-state index in [0.29, 0.717) is 0 Å². The Morgan fingerprint density at radius 1 is 0.926 bits per heavy atom. The molecule has 27 heavy (non-hydrogen) atoms. The molecule has 0 bridgehead atoms. The second-order valence-electron chi connectivity index (χ2n) is 7.67. The number of hydrogen-bond donors (Lipinski definition) is 0. The van der Waals surface area contributed by atoms with Crippen molar-refractivity contribution in [2.24, 2.45) is 5.92 Å². The fraction of sp³-hybridized carbons (Fsp3) is 0.500. The Hall–Kier alpha value is -1.01. The second kappa shape index (κ2) is 7.78. The van der Waals surface area contributed by atoms with Crippen molar-refractivity contribution >= 4 is 64.2 Å². The van der Waals surface area contributed by atoms with E-state index in [0.717, 1.165) is 4.90 Å². The van der Waals surface area contributed by atoms with Crippen LogP contribution in [0.3, 0.4) is 0 Å². The molecule has 148 valence electrons. The van der Waals surface area contributed by atoms with Crippen LogP contribution in [-0.2, 0) is 9.53 Å². The van der Waals surface area contributed by atoms with E-state index in [1.165, 1.54) is 0 Å². The number of rotatable bonds is 4. The van der Waals surface area contributed by atoms with Crippen LogP contribution in [0.1, 0.15) is 61.8 Å². The van der Waals surface area contributed by atoms with Gasteiger partial charge in [-0.1, -0.05) is 60.3 Å². The zero-order valence-electron chi connectivity index (χ0n) is 15.5. The largest absolute Gasteiger partial charge is 0.458 e. The third-order valence-electron chi connectivity index (χ3n) is 3.82. The van der Waals surface area contributed by atoms with Gasteiger partial charge in [0.25, 0.3) is 11.8 Å². The standard InChI is InChI=1S/C18H19Cl4NO4/c1-7(2)6-8(17(26)27-18(3,4)5)23-15(24)9-10(16(23)25)12(20)14(22)13(21)11(9)19/h7-8H,6H2,1-5H3. The normalized spacial score (nSPS) is 15.4. The molecule has 0 N–H and O–H groups in total. The first kappa shape index (κ1) is 22.3. The SMILES string of the molecule is CC(C)CC(C(=O)OC(C)(C)C)N1C(=O)c2c(Cl)c(Cl)c(Cl)c(Cl)c2C1=O. The van der Waals surface area contributed by atoms with E-state index >= 15 is 0 Å². The van der Waals surface area contributed by atoms with Gasteiger partial charge >= 0.3 is 5.97 Å². The summed E-state index contributed by atoms with van der Waals surface area (Å²) in [6.45, 7) is 8.83. The molecule has 2 rings (SSSR count). The lowest BCUT2D eigenvalue weighted by Gasteiger charge is -2.29. The Kier molecular flexibility index (Phi) is 6.42. The number of carbonyl (C=O) groups is 3. The highest BCUT2D eigenvalue weighted by Gasteiger charge is 2.47. The highest BCUT2D eigenvalue weighted by atomic mass is 35.5. The third kappa shape index (κ3) is 4.21. The number of esters is 1. The van der Waals surface area contributed by atoms with Crippen molar-refractivity contribution in [1.29, 1.82) is 0 Å². The van der Waals surface area contributed by atoms with Crippen LogP contribution < -0.4 is 0 Å². The molecule has 0 fully saturated rings. The van der Waals surface area contributed by atoms with Gasteiger partial charge in [-0.3, -0.25) is 14.5 Å². The first-order valence-corrected chi connectivity index (χ1v) is 9.75. The maximum absolute atomic E-state index is 13.0.